The predicted octanol–water partition coefficient (Wildman–Crippen LogP) is 5.75. The highest BCUT2D eigenvalue weighted by molar-refractivity contribution is 6.11. The Balaban J connectivity index is 1.44. The summed E-state index contributed by atoms with van der Waals surface area (Å²) in [4.78, 5) is 29.8. The first-order valence-corrected chi connectivity index (χ1v) is 11.0. The number of aromatic amines is 1. The summed E-state index contributed by atoms with van der Waals surface area (Å²) in [6.07, 6.45) is 0.601. The van der Waals surface area contributed by atoms with E-state index in [4.69, 9.17) is 4.74 Å². The van der Waals surface area contributed by atoms with E-state index in [1.54, 1.807) is 30.5 Å². The number of carbonyl (C=O) groups excluding carboxylic acids is 2. The van der Waals surface area contributed by atoms with Crippen molar-refractivity contribution in [2.75, 3.05) is 0 Å². The van der Waals surface area contributed by atoms with Crippen LogP contribution in [-0.2, 0) is 4.74 Å². The molecule has 0 unspecified atom stereocenters. The molecule has 3 aromatic carbocycles. The standard InChI is InChI=1S/C28H23N3O3/c1-18-16-19(2)31(30-18)22-14-12-21(13-15-22)28(33)34-27(20-8-4-3-5-9-20)26(32)24-17-29-25-11-7-6-10-23(24)25/h3-17,27,29H,1-2H3/t27-/m0/s1. The summed E-state index contributed by atoms with van der Waals surface area (Å²) >= 11 is 0. The van der Waals surface area contributed by atoms with Crippen molar-refractivity contribution in [2.45, 2.75) is 20.0 Å². The second kappa shape index (κ2) is 8.83. The van der Waals surface area contributed by atoms with E-state index in [9.17, 15) is 9.59 Å². The van der Waals surface area contributed by atoms with Gasteiger partial charge in [0.05, 0.1) is 16.9 Å². The third-order valence-electron chi connectivity index (χ3n) is 5.78. The topological polar surface area (TPSA) is 77.0 Å². The van der Waals surface area contributed by atoms with Gasteiger partial charge in [-0.1, -0.05) is 48.5 Å². The molecular weight excluding hydrogens is 426 g/mol. The van der Waals surface area contributed by atoms with Crippen LogP contribution in [0.2, 0.25) is 0 Å². The summed E-state index contributed by atoms with van der Waals surface area (Å²) in [5.74, 6) is -0.849. The smallest absolute Gasteiger partial charge is 0.339 e. The van der Waals surface area contributed by atoms with E-state index in [-0.39, 0.29) is 5.78 Å². The molecule has 2 aromatic heterocycles. The van der Waals surface area contributed by atoms with Gasteiger partial charge in [0.15, 0.2) is 6.10 Å². The van der Waals surface area contributed by atoms with Gasteiger partial charge in [0.1, 0.15) is 0 Å². The number of hydrogen-bond acceptors (Lipinski definition) is 4. The van der Waals surface area contributed by atoms with E-state index in [1.807, 2.05) is 79.2 Å². The molecule has 0 aliphatic carbocycles. The lowest BCUT2D eigenvalue weighted by Gasteiger charge is -2.17. The zero-order chi connectivity index (χ0) is 23.7. The van der Waals surface area contributed by atoms with E-state index in [2.05, 4.69) is 10.1 Å². The summed E-state index contributed by atoms with van der Waals surface area (Å²) < 4.78 is 7.62. The van der Waals surface area contributed by atoms with Crippen LogP contribution < -0.4 is 0 Å². The zero-order valence-electron chi connectivity index (χ0n) is 18.9. The van der Waals surface area contributed by atoms with Gasteiger partial charge in [-0.2, -0.15) is 5.10 Å². The number of Topliss-reactive ketones (excluding diaryl/α,β-unsaturated/α-hetero) is 1. The van der Waals surface area contributed by atoms with Crippen molar-refractivity contribution in [3.05, 3.63) is 119 Å². The molecule has 0 aliphatic heterocycles. The van der Waals surface area contributed by atoms with Crippen LogP contribution in [0.3, 0.4) is 0 Å². The fourth-order valence-electron chi connectivity index (χ4n) is 4.12. The van der Waals surface area contributed by atoms with E-state index >= 15 is 0 Å². The number of ketones is 1. The van der Waals surface area contributed by atoms with Crippen molar-refractivity contribution in [3.63, 3.8) is 0 Å². The largest absolute Gasteiger partial charge is 0.445 e. The SMILES string of the molecule is Cc1cc(C)n(-c2ccc(C(=O)O[C@H](C(=O)c3c[nH]c4ccccc34)c3ccccc3)cc2)n1. The van der Waals surface area contributed by atoms with Crippen molar-refractivity contribution >= 4 is 22.7 Å². The molecule has 1 N–H and O–H groups in total. The van der Waals surface area contributed by atoms with Gasteiger partial charge in [-0.05, 0) is 50.2 Å². The van der Waals surface area contributed by atoms with Crippen LogP contribution in [0.15, 0.2) is 91.1 Å². The number of rotatable bonds is 6. The number of para-hydroxylation sites is 1. The molecule has 5 aromatic rings. The molecule has 0 radical (unpaired) electrons. The quantitative estimate of drug-likeness (QED) is 0.264. The maximum atomic E-state index is 13.6. The molecule has 5 rings (SSSR count). The third-order valence-corrected chi connectivity index (χ3v) is 5.78. The lowest BCUT2D eigenvalue weighted by atomic mass is 9.99. The van der Waals surface area contributed by atoms with E-state index in [0.29, 0.717) is 16.7 Å². The number of hydrogen-bond donors (Lipinski definition) is 1. The summed E-state index contributed by atoms with van der Waals surface area (Å²) in [6, 6.07) is 25.6. The second-order valence-corrected chi connectivity index (χ2v) is 8.19. The Morgan fingerprint density at radius 3 is 2.32 bits per heavy atom. The molecule has 34 heavy (non-hydrogen) atoms. The van der Waals surface area contributed by atoms with Crippen molar-refractivity contribution in [3.8, 4) is 5.69 Å². The molecular formula is C28H23N3O3. The Hall–Kier alpha value is -4.45. The fourth-order valence-corrected chi connectivity index (χ4v) is 4.12. The fraction of sp³-hybridized carbons (Fsp3) is 0.107. The molecule has 0 saturated heterocycles. The number of benzene rings is 3. The first-order valence-electron chi connectivity index (χ1n) is 11.0. The lowest BCUT2D eigenvalue weighted by molar-refractivity contribution is 0.0280. The summed E-state index contributed by atoms with van der Waals surface area (Å²) in [7, 11) is 0. The number of aromatic nitrogens is 3. The second-order valence-electron chi connectivity index (χ2n) is 8.19. The minimum absolute atomic E-state index is 0.281. The van der Waals surface area contributed by atoms with Gasteiger partial charge in [0.25, 0.3) is 0 Å². The number of fused-ring (bicyclic) bond motifs is 1. The number of H-pyrrole nitrogens is 1. The molecule has 168 valence electrons. The Kier molecular flexibility index (Phi) is 5.55. The van der Waals surface area contributed by atoms with Crippen molar-refractivity contribution in [1.82, 2.24) is 14.8 Å². The van der Waals surface area contributed by atoms with Crippen LogP contribution in [0.4, 0.5) is 0 Å². The van der Waals surface area contributed by atoms with Gasteiger partial charge in [-0.3, -0.25) is 4.79 Å². The first kappa shape index (κ1) is 21.4. The molecule has 0 bridgehead atoms. The van der Waals surface area contributed by atoms with Crippen LogP contribution in [0.5, 0.6) is 0 Å². The van der Waals surface area contributed by atoms with Crippen molar-refractivity contribution < 1.29 is 14.3 Å². The molecule has 1 atom stereocenters. The third kappa shape index (κ3) is 4.01. The molecule has 0 fully saturated rings. The van der Waals surface area contributed by atoms with Crippen LogP contribution in [-0.4, -0.2) is 26.5 Å². The number of carbonyl (C=O) groups is 2. The van der Waals surface area contributed by atoms with Gasteiger partial charge in [-0.15, -0.1) is 0 Å². The number of ether oxygens (including phenoxy) is 1. The monoisotopic (exact) mass is 449 g/mol. The van der Waals surface area contributed by atoms with Gasteiger partial charge in [0.2, 0.25) is 5.78 Å². The van der Waals surface area contributed by atoms with E-state index < -0.39 is 12.1 Å². The molecule has 0 amide bonds. The molecule has 0 spiro atoms. The van der Waals surface area contributed by atoms with Crippen LogP contribution in [0, 0.1) is 13.8 Å². The Morgan fingerprint density at radius 2 is 1.62 bits per heavy atom. The summed E-state index contributed by atoms with van der Waals surface area (Å²) in [5.41, 5.74) is 5.07. The molecule has 6 heteroatoms. The maximum Gasteiger partial charge on any atom is 0.339 e. The summed E-state index contributed by atoms with van der Waals surface area (Å²) in [6.45, 7) is 3.91. The zero-order valence-corrected chi connectivity index (χ0v) is 18.9. The van der Waals surface area contributed by atoms with Gasteiger partial charge in [-0.25, -0.2) is 9.48 Å². The highest BCUT2D eigenvalue weighted by atomic mass is 16.5. The van der Waals surface area contributed by atoms with E-state index in [1.165, 1.54) is 0 Å². The number of nitrogens with one attached hydrogen (secondary N) is 1. The highest BCUT2D eigenvalue weighted by Gasteiger charge is 2.28. The number of esters is 1. The minimum atomic E-state index is -1.07. The van der Waals surface area contributed by atoms with Crippen LogP contribution in [0.1, 0.15) is 43.8 Å². The normalized spacial score (nSPS) is 11.9. The summed E-state index contributed by atoms with van der Waals surface area (Å²) in [5, 5.41) is 5.26. The van der Waals surface area contributed by atoms with Crippen molar-refractivity contribution in [2.24, 2.45) is 0 Å². The maximum absolute atomic E-state index is 13.6. The average Bonchev–Trinajstić information content (AvgIpc) is 3.45. The molecule has 0 saturated carbocycles. The average molecular weight is 450 g/mol. The minimum Gasteiger partial charge on any atom is -0.445 e. The van der Waals surface area contributed by atoms with Crippen LogP contribution >= 0.6 is 0 Å². The number of aryl methyl sites for hydroxylation is 2. The lowest BCUT2D eigenvalue weighted by Crippen LogP contribution is -2.20. The Morgan fingerprint density at radius 1 is 0.912 bits per heavy atom. The van der Waals surface area contributed by atoms with Gasteiger partial charge < -0.3 is 9.72 Å². The molecule has 0 aliphatic rings. The Bertz CT molecular complexity index is 1480. The highest BCUT2D eigenvalue weighted by Crippen LogP contribution is 2.28. The Labute approximate surface area is 196 Å². The predicted molar refractivity (Wildman–Crippen MR) is 130 cm³/mol. The van der Waals surface area contributed by atoms with Gasteiger partial charge in [0, 0.05) is 33.9 Å². The molecule has 6 nitrogen and oxygen atoms in total. The van der Waals surface area contributed by atoms with Crippen molar-refractivity contribution in [1.29, 1.82) is 0 Å². The molecule has 2 heterocycles. The number of nitrogens with zero attached hydrogens (tertiary/aromatic N) is 2. The van der Waals surface area contributed by atoms with Gasteiger partial charge >= 0.3 is 5.97 Å². The van der Waals surface area contributed by atoms with Crippen LogP contribution in [0.25, 0.3) is 16.6 Å². The first-order chi connectivity index (χ1) is 16.5. The van der Waals surface area contributed by atoms with E-state index in [0.717, 1.165) is 28.0 Å².